The minimum atomic E-state index is -0.170. The van der Waals surface area contributed by atoms with Crippen LogP contribution in [0.15, 0.2) is 54.6 Å². The number of nitrogens with one attached hydrogen (secondary N) is 2. The molecule has 27 heavy (non-hydrogen) atoms. The van der Waals surface area contributed by atoms with Gasteiger partial charge in [0.1, 0.15) is 5.69 Å². The maximum absolute atomic E-state index is 12.6. The highest BCUT2D eigenvalue weighted by Crippen LogP contribution is 2.20. The first-order valence-corrected chi connectivity index (χ1v) is 9.38. The van der Waals surface area contributed by atoms with E-state index >= 15 is 0 Å². The van der Waals surface area contributed by atoms with Gasteiger partial charge < -0.3 is 15.2 Å². The van der Waals surface area contributed by atoms with Crippen molar-refractivity contribution < 1.29 is 9.59 Å². The third kappa shape index (κ3) is 3.58. The number of nitrogens with zero attached hydrogens (tertiary/aromatic N) is 1. The van der Waals surface area contributed by atoms with Crippen LogP contribution in [-0.4, -0.2) is 22.4 Å². The van der Waals surface area contributed by atoms with Crippen molar-refractivity contribution >= 4 is 28.4 Å². The Balaban J connectivity index is 1.45. The topological polar surface area (TPSA) is 63.1 Å². The number of hydrogen-bond acceptors (Lipinski definition) is 2. The molecule has 0 saturated heterocycles. The molecule has 1 saturated carbocycles. The van der Waals surface area contributed by atoms with E-state index in [1.165, 1.54) is 12.8 Å². The molecule has 5 heteroatoms. The zero-order valence-electron chi connectivity index (χ0n) is 15.4. The number of amides is 2. The molecule has 1 heterocycles. The maximum Gasteiger partial charge on any atom is 0.272 e. The number of fused-ring (bicyclic) bond motifs is 1. The Morgan fingerprint density at radius 1 is 0.963 bits per heavy atom. The van der Waals surface area contributed by atoms with Crippen molar-refractivity contribution in [2.75, 3.05) is 5.32 Å². The van der Waals surface area contributed by atoms with Crippen LogP contribution >= 0.6 is 0 Å². The van der Waals surface area contributed by atoms with Gasteiger partial charge in [0.15, 0.2) is 0 Å². The molecular weight excluding hydrogens is 338 g/mol. The first-order chi connectivity index (χ1) is 13.1. The lowest BCUT2D eigenvalue weighted by Crippen LogP contribution is -2.32. The van der Waals surface area contributed by atoms with Crippen LogP contribution in [0.1, 0.15) is 46.5 Å². The summed E-state index contributed by atoms with van der Waals surface area (Å²) < 4.78 is 1.88. The van der Waals surface area contributed by atoms with E-state index in [2.05, 4.69) is 10.6 Å². The van der Waals surface area contributed by atoms with Gasteiger partial charge in [0.25, 0.3) is 11.8 Å². The number of carbonyl (C=O) groups excluding carboxylic acids is 2. The predicted molar refractivity (Wildman–Crippen MR) is 107 cm³/mol. The Bertz CT molecular complexity index is 982. The minimum Gasteiger partial charge on any atom is -0.349 e. The first kappa shape index (κ1) is 17.3. The van der Waals surface area contributed by atoms with Crippen LogP contribution < -0.4 is 10.6 Å². The van der Waals surface area contributed by atoms with Crippen LogP contribution in [-0.2, 0) is 7.05 Å². The molecule has 1 fully saturated rings. The second kappa shape index (κ2) is 7.27. The molecule has 0 aliphatic heterocycles. The van der Waals surface area contributed by atoms with Gasteiger partial charge in [0, 0.05) is 35.2 Å². The number of para-hydroxylation sites is 1. The van der Waals surface area contributed by atoms with Crippen molar-refractivity contribution in [2.45, 2.75) is 31.7 Å². The lowest BCUT2D eigenvalue weighted by Gasteiger charge is -2.12. The maximum atomic E-state index is 12.6. The van der Waals surface area contributed by atoms with E-state index in [1.807, 2.05) is 41.9 Å². The van der Waals surface area contributed by atoms with Crippen LogP contribution in [0, 0.1) is 0 Å². The molecule has 2 amide bonds. The predicted octanol–water partition coefficient (Wildman–Crippen LogP) is 4.10. The largest absolute Gasteiger partial charge is 0.349 e. The van der Waals surface area contributed by atoms with E-state index < -0.39 is 0 Å². The summed E-state index contributed by atoms with van der Waals surface area (Å²) in [4.78, 5) is 24.9. The lowest BCUT2D eigenvalue weighted by atomic mass is 10.1. The molecule has 0 unspecified atom stereocenters. The van der Waals surface area contributed by atoms with E-state index in [-0.39, 0.29) is 11.8 Å². The second-order valence-electron chi connectivity index (χ2n) is 7.13. The van der Waals surface area contributed by atoms with Gasteiger partial charge in [-0.2, -0.15) is 0 Å². The minimum absolute atomic E-state index is 0.0477. The van der Waals surface area contributed by atoms with Crippen molar-refractivity contribution in [3.05, 3.63) is 65.9 Å². The average molecular weight is 361 g/mol. The van der Waals surface area contributed by atoms with E-state index in [9.17, 15) is 9.59 Å². The van der Waals surface area contributed by atoms with E-state index in [0.29, 0.717) is 23.0 Å². The van der Waals surface area contributed by atoms with Crippen molar-refractivity contribution in [1.29, 1.82) is 0 Å². The third-order valence-corrected chi connectivity index (χ3v) is 5.28. The summed E-state index contributed by atoms with van der Waals surface area (Å²) >= 11 is 0. The molecule has 1 aliphatic carbocycles. The van der Waals surface area contributed by atoms with Crippen molar-refractivity contribution in [1.82, 2.24) is 9.88 Å². The van der Waals surface area contributed by atoms with Gasteiger partial charge in [-0.1, -0.05) is 31.0 Å². The zero-order chi connectivity index (χ0) is 18.8. The second-order valence-corrected chi connectivity index (χ2v) is 7.13. The smallest absolute Gasteiger partial charge is 0.272 e. The quantitative estimate of drug-likeness (QED) is 0.735. The summed E-state index contributed by atoms with van der Waals surface area (Å²) in [7, 11) is 1.88. The number of rotatable bonds is 4. The van der Waals surface area contributed by atoms with Gasteiger partial charge in [-0.25, -0.2) is 0 Å². The molecule has 2 aromatic carbocycles. The molecule has 0 radical (unpaired) electrons. The fourth-order valence-corrected chi connectivity index (χ4v) is 3.75. The fraction of sp³-hybridized carbons (Fsp3) is 0.273. The average Bonchev–Trinajstić information content (AvgIpc) is 3.30. The summed E-state index contributed by atoms with van der Waals surface area (Å²) in [6.45, 7) is 0. The Labute approximate surface area is 158 Å². The summed E-state index contributed by atoms with van der Waals surface area (Å²) in [6, 6.07) is 17.1. The van der Waals surface area contributed by atoms with Gasteiger partial charge in [-0.3, -0.25) is 9.59 Å². The summed E-state index contributed by atoms with van der Waals surface area (Å²) in [6.07, 6.45) is 4.49. The molecule has 1 aromatic heterocycles. The SMILES string of the molecule is Cn1c(C(=O)Nc2ccc(C(=O)NC3CCCC3)cc2)cc2ccccc21. The molecular formula is C22H23N3O2. The monoisotopic (exact) mass is 361 g/mol. The zero-order valence-corrected chi connectivity index (χ0v) is 15.4. The number of hydrogen-bond donors (Lipinski definition) is 2. The molecule has 1 aliphatic rings. The van der Waals surface area contributed by atoms with Gasteiger partial charge in [0.05, 0.1) is 0 Å². The van der Waals surface area contributed by atoms with Crippen molar-refractivity contribution in [3.63, 3.8) is 0 Å². The number of carbonyl (C=O) groups is 2. The molecule has 4 rings (SSSR count). The molecule has 2 N–H and O–H groups in total. The van der Waals surface area contributed by atoms with Crippen molar-refractivity contribution in [3.8, 4) is 0 Å². The summed E-state index contributed by atoms with van der Waals surface area (Å²) in [5.74, 6) is -0.217. The molecule has 0 bridgehead atoms. The Hall–Kier alpha value is -3.08. The van der Waals surface area contributed by atoms with Crippen LogP contribution in [0.3, 0.4) is 0 Å². The van der Waals surface area contributed by atoms with E-state index in [4.69, 9.17) is 0 Å². The number of aryl methyl sites for hydroxylation is 1. The highest BCUT2D eigenvalue weighted by molar-refractivity contribution is 6.06. The fourth-order valence-electron chi connectivity index (χ4n) is 3.75. The molecule has 3 aromatic rings. The van der Waals surface area contributed by atoms with Gasteiger partial charge >= 0.3 is 0 Å². The van der Waals surface area contributed by atoms with E-state index in [1.54, 1.807) is 24.3 Å². The normalized spacial score (nSPS) is 14.4. The molecule has 0 spiro atoms. The van der Waals surface area contributed by atoms with E-state index in [0.717, 1.165) is 23.7 Å². The summed E-state index contributed by atoms with van der Waals surface area (Å²) in [5, 5.41) is 7.01. The Morgan fingerprint density at radius 2 is 1.67 bits per heavy atom. The van der Waals surface area contributed by atoms with Gasteiger partial charge in [-0.15, -0.1) is 0 Å². The molecule has 138 valence electrons. The van der Waals surface area contributed by atoms with Crippen LogP contribution in [0.2, 0.25) is 0 Å². The standard InChI is InChI=1S/C22H23N3O2/c1-25-19-9-5-2-6-16(19)14-20(25)22(27)24-18-12-10-15(11-13-18)21(26)23-17-7-3-4-8-17/h2,5-6,9-14,17H,3-4,7-8H2,1H3,(H,23,26)(H,24,27). The molecule has 0 atom stereocenters. The van der Waals surface area contributed by atoms with Gasteiger partial charge in [0.2, 0.25) is 0 Å². The van der Waals surface area contributed by atoms with Crippen molar-refractivity contribution in [2.24, 2.45) is 7.05 Å². The first-order valence-electron chi connectivity index (χ1n) is 9.38. The number of anilines is 1. The Kier molecular flexibility index (Phi) is 4.67. The van der Waals surface area contributed by atoms with Crippen LogP contribution in [0.25, 0.3) is 10.9 Å². The molecule has 5 nitrogen and oxygen atoms in total. The van der Waals surface area contributed by atoms with Crippen LogP contribution in [0.5, 0.6) is 0 Å². The lowest BCUT2D eigenvalue weighted by molar-refractivity contribution is 0.0937. The Morgan fingerprint density at radius 3 is 2.37 bits per heavy atom. The van der Waals surface area contributed by atoms with Crippen LogP contribution in [0.4, 0.5) is 5.69 Å². The summed E-state index contributed by atoms with van der Waals surface area (Å²) in [5.41, 5.74) is 2.90. The number of aromatic nitrogens is 1. The van der Waals surface area contributed by atoms with Gasteiger partial charge in [-0.05, 0) is 49.2 Å². The highest BCUT2D eigenvalue weighted by atomic mass is 16.2. The third-order valence-electron chi connectivity index (χ3n) is 5.28. The number of benzene rings is 2. The highest BCUT2D eigenvalue weighted by Gasteiger charge is 2.18.